The first kappa shape index (κ1) is 14.8. The molecule has 106 valence electrons. The third-order valence-corrected chi connectivity index (χ3v) is 3.44. The second-order valence-electron chi connectivity index (χ2n) is 4.61. The van der Waals surface area contributed by atoms with Crippen LogP contribution in [0.25, 0.3) is 0 Å². The minimum Gasteiger partial charge on any atom is -0.497 e. The Bertz CT molecular complexity index is 588. The third-order valence-electron chi connectivity index (χ3n) is 3.20. The second kappa shape index (κ2) is 6.73. The minimum absolute atomic E-state index is 0.0866. The molecule has 2 aromatic rings. The molecule has 0 saturated carbocycles. The van der Waals surface area contributed by atoms with Crippen molar-refractivity contribution in [3.05, 3.63) is 64.4 Å². The maximum Gasteiger partial charge on any atom is 0.127 e. The van der Waals surface area contributed by atoms with Crippen LogP contribution in [0.5, 0.6) is 5.75 Å². The fourth-order valence-corrected chi connectivity index (χ4v) is 2.17. The summed E-state index contributed by atoms with van der Waals surface area (Å²) in [6.07, 6.45) is 0. The Morgan fingerprint density at radius 3 is 2.80 bits per heavy atom. The zero-order valence-electron chi connectivity index (χ0n) is 11.5. The summed E-state index contributed by atoms with van der Waals surface area (Å²) in [6, 6.07) is 12.5. The van der Waals surface area contributed by atoms with Crippen molar-refractivity contribution in [1.29, 1.82) is 0 Å². The fraction of sp³-hybridized carbons (Fsp3) is 0.250. The molecule has 20 heavy (non-hydrogen) atoms. The second-order valence-corrected chi connectivity index (χ2v) is 5.05. The molecule has 0 heterocycles. The summed E-state index contributed by atoms with van der Waals surface area (Å²) >= 11 is 5.88. The summed E-state index contributed by atoms with van der Waals surface area (Å²) < 4.78 is 18.8. The highest BCUT2D eigenvalue weighted by Gasteiger charge is 2.08. The van der Waals surface area contributed by atoms with E-state index < -0.39 is 0 Å². The molecule has 0 bridgehead atoms. The van der Waals surface area contributed by atoms with Gasteiger partial charge in [0.25, 0.3) is 0 Å². The molecule has 0 aliphatic carbocycles. The normalized spacial score (nSPS) is 12.2. The van der Waals surface area contributed by atoms with Crippen molar-refractivity contribution >= 4 is 11.6 Å². The number of methoxy groups -OCH3 is 1. The van der Waals surface area contributed by atoms with Gasteiger partial charge in [0.1, 0.15) is 11.6 Å². The van der Waals surface area contributed by atoms with Crippen molar-refractivity contribution in [3.63, 3.8) is 0 Å². The Balaban J connectivity index is 2.04. The standard InChI is InChI=1S/C16H17ClFNO/c1-11(12-4-3-5-15(9-12)20-2)19-10-13-8-14(17)6-7-16(13)18/h3-9,11,19H,10H2,1-2H3/t11-/m1/s1. The Hall–Kier alpha value is -1.58. The van der Waals surface area contributed by atoms with Crippen molar-refractivity contribution in [2.24, 2.45) is 0 Å². The number of nitrogens with one attached hydrogen (secondary N) is 1. The van der Waals surface area contributed by atoms with Crippen LogP contribution in [0.3, 0.4) is 0 Å². The average molecular weight is 294 g/mol. The zero-order chi connectivity index (χ0) is 14.5. The Kier molecular flexibility index (Phi) is 4.99. The van der Waals surface area contributed by atoms with Gasteiger partial charge in [0.05, 0.1) is 7.11 Å². The largest absolute Gasteiger partial charge is 0.497 e. The van der Waals surface area contributed by atoms with Crippen LogP contribution in [-0.4, -0.2) is 7.11 Å². The molecule has 1 N–H and O–H groups in total. The molecule has 0 saturated heterocycles. The molecule has 0 aliphatic heterocycles. The molecule has 0 aliphatic rings. The maximum atomic E-state index is 13.6. The first-order valence-corrected chi connectivity index (χ1v) is 6.79. The number of ether oxygens (including phenoxy) is 1. The highest BCUT2D eigenvalue weighted by Crippen LogP contribution is 2.20. The van der Waals surface area contributed by atoms with E-state index in [1.807, 2.05) is 31.2 Å². The number of benzene rings is 2. The molecule has 1 atom stereocenters. The summed E-state index contributed by atoms with van der Waals surface area (Å²) in [7, 11) is 1.64. The predicted molar refractivity (Wildman–Crippen MR) is 79.7 cm³/mol. The van der Waals surface area contributed by atoms with Gasteiger partial charge >= 0.3 is 0 Å². The van der Waals surface area contributed by atoms with Crippen LogP contribution < -0.4 is 10.1 Å². The van der Waals surface area contributed by atoms with E-state index in [9.17, 15) is 4.39 Å². The molecule has 2 rings (SSSR count). The lowest BCUT2D eigenvalue weighted by molar-refractivity contribution is 0.413. The number of hydrogen-bond acceptors (Lipinski definition) is 2. The summed E-state index contributed by atoms with van der Waals surface area (Å²) in [4.78, 5) is 0. The topological polar surface area (TPSA) is 21.3 Å². The number of rotatable bonds is 5. The van der Waals surface area contributed by atoms with Gasteiger partial charge in [-0.3, -0.25) is 0 Å². The fourth-order valence-electron chi connectivity index (χ4n) is 1.97. The lowest BCUT2D eigenvalue weighted by Crippen LogP contribution is -2.18. The average Bonchev–Trinajstić information content (AvgIpc) is 2.48. The van der Waals surface area contributed by atoms with Gasteiger partial charge in [-0.25, -0.2) is 4.39 Å². The molecule has 0 amide bonds. The highest BCUT2D eigenvalue weighted by atomic mass is 35.5. The minimum atomic E-state index is -0.250. The van der Waals surface area contributed by atoms with Crippen molar-refractivity contribution in [2.75, 3.05) is 7.11 Å². The van der Waals surface area contributed by atoms with Crippen LogP contribution in [0.4, 0.5) is 4.39 Å². The molecule has 0 aromatic heterocycles. The first-order valence-electron chi connectivity index (χ1n) is 6.41. The van der Waals surface area contributed by atoms with Gasteiger partial charge in [-0.2, -0.15) is 0 Å². The van der Waals surface area contributed by atoms with Crippen molar-refractivity contribution < 1.29 is 9.13 Å². The summed E-state index contributed by atoms with van der Waals surface area (Å²) in [5.74, 6) is 0.560. The highest BCUT2D eigenvalue weighted by molar-refractivity contribution is 6.30. The molecule has 4 heteroatoms. The molecule has 2 aromatic carbocycles. The summed E-state index contributed by atoms with van der Waals surface area (Å²) in [5.41, 5.74) is 1.65. The van der Waals surface area contributed by atoms with E-state index >= 15 is 0 Å². The van der Waals surface area contributed by atoms with Gasteiger partial charge in [0.15, 0.2) is 0 Å². The SMILES string of the molecule is COc1cccc([C@@H](C)NCc2cc(Cl)ccc2F)c1. The number of halogens is 2. The van der Waals surface area contributed by atoms with Gasteiger partial charge in [-0.05, 0) is 42.8 Å². The lowest BCUT2D eigenvalue weighted by atomic mass is 10.1. The molecule has 0 unspecified atom stereocenters. The van der Waals surface area contributed by atoms with Crippen LogP contribution in [0.1, 0.15) is 24.1 Å². The smallest absolute Gasteiger partial charge is 0.127 e. The summed E-state index contributed by atoms with van der Waals surface area (Å²) in [6.45, 7) is 2.45. The molecule has 0 spiro atoms. The first-order chi connectivity index (χ1) is 9.60. The molecule has 2 nitrogen and oxygen atoms in total. The van der Waals surface area contributed by atoms with E-state index in [0.29, 0.717) is 17.1 Å². The molecule has 0 fully saturated rings. The van der Waals surface area contributed by atoms with Crippen LogP contribution in [0, 0.1) is 5.82 Å². The zero-order valence-corrected chi connectivity index (χ0v) is 12.2. The van der Waals surface area contributed by atoms with Crippen LogP contribution >= 0.6 is 11.6 Å². The van der Waals surface area contributed by atoms with E-state index in [1.54, 1.807) is 19.2 Å². The van der Waals surface area contributed by atoms with Gasteiger partial charge in [-0.1, -0.05) is 23.7 Å². The lowest BCUT2D eigenvalue weighted by Gasteiger charge is -2.15. The molecular weight excluding hydrogens is 277 g/mol. The summed E-state index contributed by atoms with van der Waals surface area (Å²) in [5, 5.41) is 3.82. The number of hydrogen-bond donors (Lipinski definition) is 1. The van der Waals surface area contributed by atoms with Gasteiger partial charge in [0.2, 0.25) is 0 Å². The van der Waals surface area contributed by atoms with E-state index in [1.165, 1.54) is 6.07 Å². The van der Waals surface area contributed by atoms with Crippen LogP contribution in [-0.2, 0) is 6.54 Å². The Morgan fingerprint density at radius 2 is 2.05 bits per heavy atom. The maximum absolute atomic E-state index is 13.6. The molecular formula is C16H17ClFNO. The quantitative estimate of drug-likeness (QED) is 0.885. The van der Waals surface area contributed by atoms with Crippen molar-refractivity contribution in [2.45, 2.75) is 19.5 Å². The van der Waals surface area contributed by atoms with Crippen molar-refractivity contribution in [1.82, 2.24) is 5.32 Å². The molecule has 0 radical (unpaired) electrons. The van der Waals surface area contributed by atoms with Crippen LogP contribution in [0.15, 0.2) is 42.5 Å². The van der Waals surface area contributed by atoms with Gasteiger partial charge in [-0.15, -0.1) is 0 Å². The van der Waals surface area contributed by atoms with Gasteiger partial charge in [0, 0.05) is 23.2 Å². The third kappa shape index (κ3) is 3.71. The predicted octanol–water partition coefficient (Wildman–Crippen LogP) is 4.34. The van der Waals surface area contributed by atoms with Crippen molar-refractivity contribution in [3.8, 4) is 5.75 Å². The van der Waals surface area contributed by atoms with E-state index in [0.717, 1.165) is 11.3 Å². The van der Waals surface area contributed by atoms with E-state index in [-0.39, 0.29) is 11.9 Å². The monoisotopic (exact) mass is 293 g/mol. The Morgan fingerprint density at radius 1 is 1.25 bits per heavy atom. The van der Waals surface area contributed by atoms with Gasteiger partial charge < -0.3 is 10.1 Å². The van der Waals surface area contributed by atoms with E-state index in [4.69, 9.17) is 16.3 Å². The Labute approximate surface area is 123 Å². The van der Waals surface area contributed by atoms with Crippen LogP contribution in [0.2, 0.25) is 5.02 Å². The van der Waals surface area contributed by atoms with E-state index in [2.05, 4.69) is 5.32 Å².